The van der Waals surface area contributed by atoms with Gasteiger partial charge in [-0.25, -0.2) is 4.98 Å². The van der Waals surface area contributed by atoms with Crippen LogP contribution in [-0.4, -0.2) is 28.2 Å². The summed E-state index contributed by atoms with van der Waals surface area (Å²) in [4.78, 5) is 8.98. The van der Waals surface area contributed by atoms with Crippen LogP contribution in [0.15, 0.2) is 24.5 Å². The number of thiazole rings is 1. The van der Waals surface area contributed by atoms with Gasteiger partial charge in [0.05, 0.1) is 16.3 Å². The van der Waals surface area contributed by atoms with E-state index in [0.717, 1.165) is 37.6 Å². The van der Waals surface area contributed by atoms with Gasteiger partial charge in [0.25, 0.3) is 0 Å². The number of ether oxygens (including phenoxy) is 1. The molecular weight excluding hydrogens is 334 g/mol. The highest BCUT2D eigenvalue weighted by atomic mass is 32.1. The molecule has 0 unspecified atom stereocenters. The van der Waals surface area contributed by atoms with Crippen molar-refractivity contribution in [2.75, 3.05) is 12.4 Å². The highest BCUT2D eigenvalue weighted by Gasteiger charge is 2.26. The molecule has 3 aromatic rings. The molecule has 2 N–H and O–H groups in total. The third-order valence-corrected chi connectivity index (χ3v) is 5.40. The minimum Gasteiger partial charge on any atom is -0.507 e. The Kier molecular flexibility index (Phi) is 4.92. The van der Waals surface area contributed by atoms with Crippen LogP contribution in [0, 0.1) is 13.8 Å². The fourth-order valence-corrected chi connectivity index (χ4v) is 3.93. The summed E-state index contributed by atoms with van der Waals surface area (Å²) in [7, 11) is 1.85. The average molecular weight is 357 g/mol. The SMILES string of the molecule is CNc1nc2c([C@H](OC(C)C)c3cccnc3)c(C)c(O)c(C)c2s1. The van der Waals surface area contributed by atoms with E-state index in [4.69, 9.17) is 9.72 Å². The van der Waals surface area contributed by atoms with Gasteiger partial charge < -0.3 is 15.2 Å². The van der Waals surface area contributed by atoms with Gasteiger partial charge >= 0.3 is 0 Å². The summed E-state index contributed by atoms with van der Waals surface area (Å²) in [6.45, 7) is 7.85. The number of hydrogen-bond donors (Lipinski definition) is 2. The Morgan fingerprint density at radius 3 is 2.60 bits per heavy atom. The minimum atomic E-state index is -0.338. The number of aromatic nitrogens is 2. The topological polar surface area (TPSA) is 67.3 Å². The number of fused-ring (bicyclic) bond motifs is 1. The van der Waals surface area contributed by atoms with Crippen LogP contribution in [0.3, 0.4) is 0 Å². The normalized spacial score (nSPS) is 12.7. The fourth-order valence-electron chi connectivity index (χ4n) is 3.00. The number of nitrogens with zero attached hydrogens (tertiary/aromatic N) is 2. The highest BCUT2D eigenvalue weighted by molar-refractivity contribution is 7.22. The largest absolute Gasteiger partial charge is 0.507 e. The molecule has 0 amide bonds. The number of hydrogen-bond acceptors (Lipinski definition) is 6. The molecule has 1 atom stereocenters. The maximum Gasteiger partial charge on any atom is 0.183 e. The van der Waals surface area contributed by atoms with E-state index in [1.54, 1.807) is 12.4 Å². The lowest BCUT2D eigenvalue weighted by atomic mass is 9.94. The van der Waals surface area contributed by atoms with Crippen molar-refractivity contribution in [2.24, 2.45) is 0 Å². The van der Waals surface area contributed by atoms with Gasteiger partial charge in [-0.05, 0) is 39.3 Å². The van der Waals surface area contributed by atoms with Gasteiger partial charge in [0.15, 0.2) is 5.13 Å². The smallest absolute Gasteiger partial charge is 0.183 e. The standard InChI is InChI=1S/C19H23N3O2S/c1-10(2)24-17(13-7-6-8-21-9-13)14-11(3)16(23)12(4)18-15(14)22-19(20-5)25-18/h6-10,17,23H,1-5H3,(H,20,22)/t17-/m1/s1. The number of pyridine rings is 1. The van der Waals surface area contributed by atoms with Crippen LogP contribution < -0.4 is 5.32 Å². The molecule has 1 aromatic carbocycles. The van der Waals surface area contributed by atoms with Crippen molar-refractivity contribution in [3.8, 4) is 5.75 Å². The minimum absolute atomic E-state index is 0.0190. The molecule has 0 spiro atoms. The van der Waals surface area contributed by atoms with Crippen molar-refractivity contribution in [2.45, 2.75) is 39.9 Å². The van der Waals surface area contributed by atoms with Crippen LogP contribution in [-0.2, 0) is 4.74 Å². The average Bonchev–Trinajstić information content (AvgIpc) is 3.04. The van der Waals surface area contributed by atoms with E-state index >= 15 is 0 Å². The Morgan fingerprint density at radius 2 is 2.00 bits per heavy atom. The van der Waals surface area contributed by atoms with Crippen molar-refractivity contribution >= 4 is 26.7 Å². The molecule has 0 saturated carbocycles. The monoisotopic (exact) mass is 357 g/mol. The molecule has 0 saturated heterocycles. The number of phenols is 1. The lowest BCUT2D eigenvalue weighted by molar-refractivity contribution is 0.0305. The first-order chi connectivity index (χ1) is 11.9. The van der Waals surface area contributed by atoms with Gasteiger partial charge in [0.1, 0.15) is 11.9 Å². The predicted octanol–water partition coefficient (Wildman–Crippen LogP) is 4.57. The van der Waals surface area contributed by atoms with E-state index < -0.39 is 0 Å². The summed E-state index contributed by atoms with van der Waals surface area (Å²) in [5.41, 5.74) is 4.37. The summed E-state index contributed by atoms with van der Waals surface area (Å²) in [5.74, 6) is 0.301. The van der Waals surface area contributed by atoms with Crippen molar-refractivity contribution in [1.29, 1.82) is 0 Å². The number of nitrogens with one attached hydrogen (secondary N) is 1. The zero-order chi connectivity index (χ0) is 18.1. The van der Waals surface area contributed by atoms with E-state index in [-0.39, 0.29) is 12.2 Å². The lowest BCUT2D eigenvalue weighted by Crippen LogP contribution is -2.14. The predicted molar refractivity (Wildman–Crippen MR) is 103 cm³/mol. The zero-order valence-electron chi connectivity index (χ0n) is 15.1. The third-order valence-electron chi connectivity index (χ3n) is 4.21. The summed E-state index contributed by atoms with van der Waals surface area (Å²) >= 11 is 1.54. The fraction of sp³-hybridized carbons (Fsp3) is 0.368. The first kappa shape index (κ1) is 17.6. The first-order valence-electron chi connectivity index (χ1n) is 8.29. The number of aromatic hydroxyl groups is 1. The molecule has 0 fully saturated rings. The Morgan fingerprint density at radius 1 is 1.24 bits per heavy atom. The van der Waals surface area contributed by atoms with Crippen molar-refractivity contribution in [3.63, 3.8) is 0 Å². The van der Waals surface area contributed by atoms with E-state index in [1.165, 1.54) is 11.3 Å². The van der Waals surface area contributed by atoms with E-state index in [1.807, 2.05) is 46.9 Å². The van der Waals surface area contributed by atoms with Gasteiger partial charge in [0.2, 0.25) is 0 Å². The molecule has 25 heavy (non-hydrogen) atoms. The van der Waals surface area contributed by atoms with Crippen LogP contribution in [0.2, 0.25) is 0 Å². The molecule has 0 bridgehead atoms. The van der Waals surface area contributed by atoms with Crippen molar-refractivity contribution in [1.82, 2.24) is 9.97 Å². The van der Waals surface area contributed by atoms with Gasteiger partial charge in [-0.2, -0.15) is 0 Å². The Balaban J connectivity index is 2.32. The van der Waals surface area contributed by atoms with E-state index in [0.29, 0.717) is 5.75 Å². The van der Waals surface area contributed by atoms with Crippen LogP contribution in [0.4, 0.5) is 5.13 Å². The maximum absolute atomic E-state index is 10.7. The number of phenolic OH excluding ortho intramolecular Hbond substituents is 1. The van der Waals surface area contributed by atoms with E-state index in [2.05, 4.69) is 10.3 Å². The second kappa shape index (κ2) is 6.98. The molecule has 0 radical (unpaired) electrons. The summed E-state index contributed by atoms with van der Waals surface area (Å²) < 4.78 is 7.22. The third kappa shape index (κ3) is 3.19. The molecule has 2 aromatic heterocycles. The van der Waals surface area contributed by atoms with Gasteiger partial charge in [-0.1, -0.05) is 17.4 Å². The summed E-state index contributed by atoms with van der Waals surface area (Å²) in [5, 5.41) is 14.6. The van der Waals surface area contributed by atoms with Crippen LogP contribution >= 0.6 is 11.3 Å². The van der Waals surface area contributed by atoms with Crippen molar-refractivity contribution < 1.29 is 9.84 Å². The molecular formula is C19H23N3O2S. The molecule has 132 valence electrons. The molecule has 3 rings (SSSR count). The maximum atomic E-state index is 10.7. The Hall–Kier alpha value is -2.18. The molecule has 0 aliphatic heterocycles. The van der Waals surface area contributed by atoms with Gasteiger partial charge in [0, 0.05) is 36.1 Å². The molecule has 2 heterocycles. The first-order valence-corrected chi connectivity index (χ1v) is 9.11. The highest BCUT2D eigenvalue weighted by Crippen LogP contribution is 2.43. The van der Waals surface area contributed by atoms with Crippen LogP contribution in [0.1, 0.15) is 42.2 Å². The van der Waals surface area contributed by atoms with Gasteiger partial charge in [-0.3, -0.25) is 4.98 Å². The van der Waals surface area contributed by atoms with Crippen LogP contribution in [0.5, 0.6) is 5.75 Å². The second-order valence-corrected chi connectivity index (χ2v) is 7.31. The molecule has 0 aliphatic rings. The quantitative estimate of drug-likeness (QED) is 0.700. The molecule has 0 aliphatic carbocycles. The number of anilines is 1. The van der Waals surface area contributed by atoms with Gasteiger partial charge in [-0.15, -0.1) is 0 Å². The Bertz CT molecular complexity index is 891. The number of benzene rings is 1. The Labute approximate surface area is 151 Å². The lowest BCUT2D eigenvalue weighted by Gasteiger charge is -2.24. The summed E-state index contributed by atoms with van der Waals surface area (Å²) in [6, 6.07) is 3.89. The van der Waals surface area contributed by atoms with Crippen molar-refractivity contribution in [3.05, 3.63) is 46.8 Å². The summed E-state index contributed by atoms with van der Waals surface area (Å²) in [6.07, 6.45) is 3.23. The number of rotatable bonds is 5. The zero-order valence-corrected chi connectivity index (χ0v) is 15.9. The molecule has 5 nitrogen and oxygen atoms in total. The van der Waals surface area contributed by atoms with Crippen LogP contribution in [0.25, 0.3) is 10.2 Å². The van der Waals surface area contributed by atoms with E-state index in [9.17, 15) is 5.11 Å². The number of aryl methyl sites for hydroxylation is 1. The molecule has 6 heteroatoms. The second-order valence-electron chi connectivity index (χ2n) is 6.31.